The van der Waals surface area contributed by atoms with Crippen LogP contribution in [0.1, 0.15) is 53.1 Å². The van der Waals surface area contributed by atoms with E-state index in [0.717, 1.165) is 25.9 Å². The minimum absolute atomic E-state index is 0.0810. The summed E-state index contributed by atoms with van der Waals surface area (Å²) in [6.07, 6.45) is 5.00. The summed E-state index contributed by atoms with van der Waals surface area (Å²) in [6, 6.07) is 2.13. The number of carbonyl (C=O) groups is 2. The van der Waals surface area contributed by atoms with E-state index in [0.29, 0.717) is 11.6 Å². The van der Waals surface area contributed by atoms with Crippen molar-refractivity contribution in [2.45, 2.75) is 38.3 Å². The van der Waals surface area contributed by atoms with Gasteiger partial charge in [0.1, 0.15) is 5.69 Å². The molecule has 1 aromatic heterocycles. The van der Waals surface area contributed by atoms with Crippen molar-refractivity contribution in [3.63, 3.8) is 0 Å². The molecule has 2 saturated heterocycles. The van der Waals surface area contributed by atoms with E-state index < -0.39 is 5.97 Å². The number of carboxylic acids is 1. The Morgan fingerprint density at radius 1 is 1.26 bits per heavy atom. The summed E-state index contributed by atoms with van der Waals surface area (Å²) in [6.45, 7) is 3.62. The summed E-state index contributed by atoms with van der Waals surface area (Å²) in [7, 11) is 0. The Hall–Kier alpha value is -1.62. The maximum Gasteiger partial charge on any atom is 0.352 e. The Balaban J connectivity index is 1.99. The third-order valence-corrected chi connectivity index (χ3v) is 4.40. The van der Waals surface area contributed by atoms with Gasteiger partial charge in [0, 0.05) is 24.3 Å². The largest absolute Gasteiger partial charge is 0.477 e. The second kappa shape index (κ2) is 4.49. The molecule has 3 rings (SSSR count). The molecule has 0 spiro atoms. The number of nitrogens with zero attached hydrogens (tertiary/aromatic N) is 2. The summed E-state index contributed by atoms with van der Waals surface area (Å²) in [4.78, 5) is 25.3. The molecule has 0 amide bonds. The van der Waals surface area contributed by atoms with Crippen LogP contribution in [-0.4, -0.2) is 45.5 Å². The van der Waals surface area contributed by atoms with Crippen molar-refractivity contribution in [2.75, 3.05) is 13.1 Å². The number of fused-ring (bicyclic) bond motifs is 1. The van der Waals surface area contributed by atoms with Crippen LogP contribution in [0.2, 0.25) is 0 Å². The zero-order valence-corrected chi connectivity index (χ0v) is 11.0. The van der Waals surface area contributed by atoms with Crippen LogP contribution < -0.4 is 0 Å². The zero-order chi connectivity index (χ0) is 13.6. The lowest BCUT2D eigenvalue weighted by Gasteiger charge is -2.22. The number of carbonyl (C=O) groups excluding carboxylic acids is 1. The first-order valence-corrected chi connectivity index (χ1v) is 6.78. The maximum absolute atomic E-state index is 11.5. The molecule has 19 heavy (non-hydrogen) atoms. The predicted molar refractivity (Wildman–Crippen MR) is 69.6 cm³/mol. The fraction of sp³-hybridized carbons (Fsp3) is 0.571. The van der Waals surface area contributed by atoms with Crippen molar-refractivity contribution < 1.29 is 14.7 Å². The summed E-state index contributed by atoms with van der Waals surface area (Å²) in [5.41, 5.74) is 0.734. The van der Waals surface area contributed by atoms with Crippen LogP contribution in [-0.2, 0) is 0 Å². The minimum atomic E-state index is -0.955. The minimum Gasteiger partial charge on any atom is -0.477 e. The monoisotopic (exact) mass is 262 g/mol. The van der Waals surface area contributed by atoms with Gasteiger partial charge in [0.15, 0.2) is 5.78 Å². The molecule has 2 atom stereocenters. The standard InChI is InChI=1S/C14H18N2O3/c1-9(17)10-7-13(14(18)19)16(8-10)12-4-6-15-5-2-3-11(12)15/h7-8,11-12H,2-6H2,1H3,(H,18,19). The quantitative estimate of drug-likeness (QED) is 0.844. The summed E-state index contributed by atoms with van der Waals surface area (Å²) >= 11 is 0. The van der Waals surface area contributed by atoms with Crippen molar-refractivity contribution in [3.8, 4) is 0 Å². The number of rotatable bonds is 3. The third kappa shape index (κ3) is 1.98. The van der Waals surface area contributed by atoms with Gasteiger partial charge < -0.3 is 9.67 Å². The summed E-state index contributed by atoms with van der Waals surface area (Å²) in [5.74, 6) is -1.04. The van der Waals surface area contributed by atoms with E-state index in [1.165, 1.54) is 19.4 Å². The van der Waals surface area contributed by atoms with Gasteiger partial charge in [0.25, 0.3) is 0 Å². The van der Waals surface area contributed by atoms with Crippen LogP contribution in [0.4, 0.5) is 0 Å². The van der Waals surface area contributed by atoms with Crippen LogP contribution >= 0.6 is 0 Å². The van der Waals surface area contributed by atoms with E-state index in [9.17, 15) is 14.7 Å². The van der Waals surface area contributed by atoms with E-state index in [1.54, 1.807) is 6.20 Å². The molecule has 0 aliphatic carbocycles. The molecular weight excluding hydrogens is 244 g/mol. The second-order valence-electron chi connectivity index (χ2n) is 5.48. The van der Waals surface area contributed by atoms with Gasteiger partial charge >= 0.3 is 5.97 Å². The van der Waals surface area contributed by atoms with Crippen molar-refractivity contribution >= 4 is 11.8 Å². The van der Waals surface area contributed by atoms with Crippen LogP contribution in [0.15, 0.2) is 12.3 Å². The molecule has 1 N–H and O–H groups in total. The average Bonchev–Trinajstić information content (AvgIpc) is 3.02. The highest BCUT2D eigenvalue weighted by molar-refractivity contribution is 5.97. The number of aromatic carboxylic acids is 1. The van der Waals surface area contributed by atoms with E-state index in [-0.39, 0.29) is 17.5 Å². The predicted octanol–water partition coefficient (Wildman–Crippen LogP) is 1.80. The number of hydrogen-bond donors (Lipinski definition) is 1. The van der Waals surface area contributed by atoms with Gasteiger partial charge in [-0.1, -0.05) is 0 Å². The Morgan fingerprint density at radius 2 is 2.05 bits per heavy atom. The summed E-state index contributed by atoms with van der Waals surface area (Å²) < 4.78 is 1.81. The lowest BCUT2D eigenvalue weighted by molar-refractivity contribution is 0.0681. The summed E-state index contributed by atoms with van der Waals surface area (Å²) in [5, 5.41) is 9.32. The zero-order valence-electron chi connectivity index (χ0n) is 11.0. The molecule has 2 fully saturated rings. The van der Waals surface area contributed by atoms with E-state index in [2.05, 4.69) is 4.90 Å². The van der Waals surface area contributed by atoms with Gasteiger partial charge in [0.2, 0.25) is 0 Å². The molecule has 2 aliphatic rings. The third-order valence-electron chi connectivity index (χ3n) is 4.40. The van der Waals surface area contributed by atoms with Gasteiger partial charge in [-0.3, -0.25) is 9.69 Å². The molecule has 0 saturated carbocycles. The van der Waals surface area contributed by atoms with Gasteiger partial charge in [0.05, 0.1) is 6.04 Å². The maximum atomic E-state index is 11.5. The molecule has 1 aromatic rings. The first-order valence-electron chi connectivity index (χ1n) is 6.78. The normalized spacial score (nSPS) is 26.6. The van der Waals surface area contributed by atoms with Gasteiger partial charge in [-0.05, 0) is 38.8 Å². The van der Waals surface area contributed by atoms with Crippen LogP contribution in [0.5, 0.6) is 0 Å². The molecule has 102 valence electrons. The average molecular weight is 262 g/mol. The number of ketones is 1. The van der Waals surface area contributed by atoms with Gasteiger partial charge in [-0.25, -0.2) is 4.79 Å². The molecule has 5 nitrogen and oxygen atoms in total. The Labute approximate surface area is 111 Å². The van der Waals surface area contributed by atoms with Crippen molar-refractivity contribution in [1.29, 1.82) is 0 Å². The van der Waals surface area contributed by atoms with Crippen LogP contribution in [0.3, 0.4) is 0 Å². The highest BCUT2D eigenvalue weighted by Crippen LogP contribution is 2.37. The Bertz CT molecular complexity index is 535. The van der Waals surface area contributed by atoms with Crippen molar-refractivity contribution in [2.24, 2.45) is 0 Å². The highest BCUT2D eigenvalue weighted by atomic mass is 16.4. The van der Waals surface area contributed by atoms with Crippen molar-refractivity contribution in [1.82, 2.24) is 9.47 Å². The van der Waals surface area contributed by atoms with Crippen LogP contribution in [0, 0.1) is 0 Å². The molecular formula is C14H18N2O3. The smallest absolute Gasteiger partial charge is 0.352 e. The number of Topliss-reactive ketones (excluding diaryl/α,β-unsaturated/α-hetero) is 1. The topological polar surface area (TPSA) is 62.5 Å². The molecule has 5 heteroatoms. The first-order chi connectivity index (χ1) is 9.08. The molecule has 2 unspecified atom stereocenters. The Kier molecular flexibility index (Phi) is 2.93. The number of aromatic nitrogens is 1. The molecule has 2 aliphatic heterocycles. The van der Waals surface area contributed by atoms with Gasteiger partial charge in [-0.2, -0.15) is 0 Å². The molecule has 0 bridgehead atoms. The molecule has 0 aromatic carbocycles. The number of carboxylic acid groups (broad SMARTS) is 1. The molecule has 0 radical (unpaired) electrons. The SMILES string of the molecule is CC(=O)c1cc(C(=O)O)n(C2CCN3CCCC23)c1. The lowest BCUT2D eigenvalue weighted by atomic mass is 10.1. The lowest BCUT2D eigenvalue weighted by Crippen LogP contribution is -2.28. The van der Waals surface area contributed by atoms with E-state index in [4.69, 9.17) is 0 Å². The highest BCUT2D eigenvalue weighted by Gasteiger charge is 2.39. The Morgan fingerprint density at radius 3 is 2.74 bits per heavy atom. The second-order valence-corrected chi connectivity index (χ2v) is 5.48. The fourth-order valence-electron chi connectivity index (χ4n) is 3.50. The van der Waals surface area contributed by atoms with Gasteiger partial charge in [-0.15, -0.1) is 0 Å². The number of hydrogen-bond acceptors (Lipinski definition) is 3. The first kappa shape index (κ1) is 12.4. The van der Waals surface area contributed by atoms with Crippen LogP contribution in [0.25, 0.3) is 0 Å². The molecule has 3 heterocycles. The van der Waals surface area contributed by atoms with E-state index >= 15 is 0 Å². The van der Waals surface area contributed by atoms with E-state index in [1.807, 2.05) is 4.57 Å². The van der Waals surface area contributed by atoms with Crippen molar-refractivity contribution in [3.05, 3.63) is 23.5 Å². The fourth-order valence-corrected chi connectivity index (χ4v) is 3.50.